The second kappa shape index (κ2) is 6.73. The molecule has 19 heavy (non-hydrogen) atoms. The lowest BCUT2D eigenvalue weighted by atomic mass is 10.2. The van der Waals surface area contributed by atoms with Gasteiger partial charge in [0.2, 0.25) is 5.88 Å². The van der Waals surface area contributed by atoms with Gasteiger partial charge in [0.15, 0.2) is 0 Å². The molecule has 1 heterocycles. The van der Waals surface area contributed by atoms with E-state index < -0.39 is 0 Å². The topological polar surface area (TPSA) is 47.0 Å². The van der Waals surface area contributed by atoms with Crippen LogP contribution < -0.4 is 10.1 Å². The Balaban J connectivity index is 2.22. The van der Waals surface area contributed by atoms with Crippen molar-refractivity contribution >= 4 is 5.82 Å². The first-order valence-corrected chi connectivity index (χ1v) is 7.52. The molecule has 0 unspecified atom stereocenters. The summed E-state index contributed by atoms with van der Waals surface area (Å²) in [4.78, 5) is 9.18. The van der Waals surface area contributed by atoms with Crippen molar-refractivity contribution in [2.24, 2.45) is 0 Å². The number of hydrogen-bond acceptors (Lipinski definition) is 4. The molecule has 0 radical (unpaired) electrons. The maximum absolute atomic E-state index is 6.09. The second-order valence-corrected chi connectivity index (χ2v) is 5.22. The predicted octanol–water partition coefficient (Wildman–Crippen LogP) is 3.49. The van der Waals surface area contributed by atoms with Crippen molar-refractivity contribution in [2.45, 2.75) is 65.4 Å². The standard InChI is InChI=1S/C15H25N3O/c1-4-8-13-17-14(16-5-2)11(3)15(18-13)19-12-9-6-7-10-12/h12H,4-10H2,1-3H3,(H,16,17,18). The van der Waals surface area contributed by atoms with Crippen LogP contribution in [-0.2, 0) is 6.42 Å². The van der Waals surface area contributed by atoms with Gasteiger partial charge in [-0.3, -0.25) is 0 Å². The van der Waals surface area contributed by atoms with Crippen LogP contribution >= 0.6 is 0 Å². The SMILES string of the molecule is CCCc1nc(NCC)c(C)c(OC2CCCC2)n1. The molecule has 0 aliphatic heterocycles. The number of nitrogens with one attached hydrogen (secondary N) is 1. The lowest BCUT2D eigenvalue weighted by molar-refractivity contribution is 0.199. The van der Waals surface area contributed by atoms with E-state index in [1.54, 1.807) is 0 Å². The first-order chi connectivity index (χ1) is 9.24. The van der Waals surface area contributed by atoms with E-state index in [4.69, 9.17) is 4.74 Å². The first-order valence-electron chi connectivity index (χ1n) is 7.52. The molecular weight excluding hydrogens is 238 g/mol. The van der Waals surface area contributed by atoms with Gasteiger partial charge in [0.25, 0.3) is 0 Å². The highest BCUT2D eigenvalue weighted by molar-refractivity contribution is 5.48. The van der Waals surface area contributed by atoms with E-state index >= 15 is 0 Å². The average molecular weight is 263 g/mol. The number of ether oxygens (including phenoxy) is 1. The van der Waals surface area contributed by atoms with Crippen molar-refractivity contribution in [2.75, 3.05) is 11.9 Å². The first kappa shape index (κ1) is 14.1. The smallest absolute Gasteiger partial charge is 0.222 e. The third-order valence-corrected chi connectivity index (χ3v) is 3.55. The summed E-state index contributed by atoms with van der Waals surface area (Å²) in [5, 5.41) is 3.31. The second-order valence-electron chi connectivity index (χ2n) is 5.22. The lowest BCUT2D eigenvalue weighted by Crippen LogP contribution is -2.15. The number of nitrogens with zero attached hydrogens (tertiary/aromatic N) is 2. The molecule has 0 amide bonds. The van der Waals surface area contributed by atoms with Crippen molar-refractivity contribution in [1.82, 2.24) is 9.97 Å². The molecule has 1 aromatic rings. The Morgan fingerprint density at radius 1 is 1.21 bits per heavy atom. The molecule has 4 nitrogen and oxygen atoms in total. The minimum Gasteiger partial charge on any atom is -0.474 e. The normalized spacial score (nSPS) is 15.7. The molecule has 1 N–H and O–H groups in total. The summed E-state index contributed by atoms with van der Waals surface area (Å²) in [7, 11) is 0. The molecule has 0 bridgehead atoms. The van der Waals surface area contributed by atoms with E-state index in [0.29, 0.717) is 6.10 Å². The van der Waals surface area contributed by atoms with Crippen LogP contribution in [0.15, 0.2) is 0 Å². The molecule has 0 aromatic carbocycles. The van der Waals surface area contributed by atoms with Crippen LogP contribution in [0.4, 0.5) is 5.82 Å². The lowest BCUT2D eigenvalue weighted by Gasteiger charge is -2.17. The molecule has 106 valence electrons. The highest BCUT2D eigenvalue weighted by Crippen LogP contribution is 2.28. The zero-order valence-electron chi connectivity index (χ0n) is 12.3. The monoisotopic (exact) mass is 263 g/mol. The number of aryl methyl sites for hydroxylation is 1. The zero-order valence-corrected chi connectivity index (χ0v) is 12.3. The van der Waals surface area contributed by atoms with Gasteiger partial charge in [-0.2, -0.15) is 4.98 Å². The molecule has 1 fully saturated rings. The average Bonchev–Trinajstić information content (AvgIpc) is 2.88. The van der Waals surface area contributed by atoms with E-state index in [9.17, 15) is 0 Å². The summed E-state index contributed by atoms with van der Waals surface area (Å²) in [6, 6.07) is 0. The van der Waals surface area contributed by atoms with Crippen LogP contribution in [0, 0.1) is 6.92 Å². The summed E-state index contributed by atoms with van der Waals surface area (Å²) in [6.07, 6.45) is 7.16. The van der Waals surface area contributed by atoms with E-state index in [2.05, 4.69) is 29.1 Å². The van der Waals surface area contributed by atoms with Crippen molar-refractivity contribution in [3.63, 3.8) is 0 Å². The van der Waals surface area contributed by atoms with Gasteiger partial charge in [0, 0.05) is 13.0 Å². The van der Waals surface area contributed by atoms with Gasteiger partial charge >= 0.3 is 0 Å². The van der Waals surface area contributed by atoms with Crippen molar-refractivity contribution in [3.8, 4) is 5.88 Å². The van der Waals surface area contributed by atoms with Gasteiger partial charge in [-0.1, -0.05) is 6.92 Å². The molecule has 1 aliphatic carbocycles. The molecule has 2 rings (SSSR count). The Morgan fingerprint density at radius 2 is 1.95 bits per heavy atom. The van der Waals surface area contributed by atoms with Crippen LogP contribution in [0.3, 0.4) is 0 Å². The maximum Gasteiger partial charge on any atom is 0.222 e. The number of anilines is 1. The molecular formula is C15H25N3O. The molecule has 0 spiro atoms. The van der Waals surface area contributed by atoms with E-state index in [0.717, 1.165) is 55.3 Å². The summed E-state index contributed by atoms with van der Waals surface area (Å²) >= 11 is 0. The van der Waals surface area contributed by atoms with Crippen LogP contribution in [0.1, 0.15) is 57.3 Å². The third-order valence-electron chi connectivity index (χ3n) is 3.55. The maximum atomic E-state index is 6.09. The van der Waals surface area contributed by atoms with Gasteiger partial charge < -0.3 is 10.1 Å². The quantitative estimate of drug-likeness (QED) is 0.853. The van der Waals surface area contributed by atoms with Crippen molar-refractivity contribution in [1.29, 1.82) is 0 Å². The molecule has 0 atom stereocenters. The van der Waals surface area contributed by atoms with E-state index in [-0.39, 0.29) is 0 Å². The van der Waals surface area contributed by atoms with E-state index in [1.807, 2.05) is 6.92 Å². The predicted molar refractivity (Wildman–Crippen MR) is 77.8 cm³/mol. The van der Waals surface area contributed by atoms with Crippen molar-refractivity contribution in [3.05, 3.63) is 11.4 Å². The minimum atomic E-state index is 0.345. The molecule has 4 heteroatoms. The molecule has 1 aliphatic rings. The Kier molecular flexibility index (Phi) is 5.00. The fraction of sp³-hybridized carbons (Fsp3) is 0.733. The molecule has 0 saturated heterocycles. The van der Waals surface area contributed by atoms with Crippen LogP contribution in [0.25, 0.3) is 0 Å². The Labute approximate surface area is 116 Å². The van der Waals surface area contributed by atoms with Crippen molar-refractivity contribution < 1.29 is 4.74 Å². The van der Waals surface area contributed by atoms with E-state index in [1.165, 1.54) is 12.8 Å². The molecule has 1 saturated carbocycles. The Hall–Kier alpha value is -1.32. The zero-order chi connectivity index (χ0) is 13.7. The minimum absolute atomic E-state index is 0.345. The van der Waals surface area contributed by atoms with Gasteiger partial charge in [-0.05, 0) is 46.0 Å². The van der Waals surface area contributed by atoms with Crippen LogP contribution in [-0.4, -0.2) is 22.6 Å². The highest BCUT2D eigenvalue weighted by Gasteiger charge is 2.20. The van der Waals surface area contributed by atoms with Gasteiger partial charge in [-0.15, -0.1) is 0 Å². The Bertz CT molecular complexity index is 414. The summed E-state index contributed by atoms with van der Waals surface area (Å²) in [6.45, 7) is 7.14. The summed E-state index contributed by atoms with van der Waals surface area (Å²) in [5.74, 6) is 2.59. The molecule has 1 aromatic heterocycles. The van der Waals surface area contributed by atoms with Gasteiger partial charge in [0.05, 0.1) is 5.56 Å². The summed E-state index contributed by atoms with van der Waals surface area (Å²) < 4.78 is 6.09. The third kappa shape index (κ3) is 3.58. The highest BCUT2D eigenvalue weighted by atomic mass is 16.5. The largest absolute Gasteiger partial charge is 0.474 e. The number of hydrogen-bond donors (Lipinski definition) is 1. The van der Waals surface area contributed by atoms with Gasteiger partial charge in [0.1, 0.15) is 17.7 Å². The number of aromatic nitrogens is 2. The Morgan fingerprint density at radius 3 is 2.58 bits per heavy atom. The van der Waals surface area contributed by atoms with Crippen LogP contribution in [0.2, 0.25) is 0 Å². The fourth-order valence-corrected chi connectivity index (χ4v) is 2.49. The fourth-order valence-electron chi connectivity index (χ4n) is 2.49. The van der Waals surface area contributed by atoms with Gasteiger partial charge in [-0.25, -0.2) is 4.98 Å². The number of rotatable bonds is 6. The van der Waals surface area contributed by atoms with Crippen LogP contribution in [0.5, 0.6) is 5.88 Å². The summed E-state index contributed by atoms with van der Waals surface area (Å²) in [5.41, 5.74) is 1.04.